The summed E-state index contributed by atoms with van der Waals surface area (Å²) in [4.78, 5) is 35.9. The molecule has 0 bridgehead atoms. The van der Waals surface area contributed by atoms with Gasteiger partial charge in [-0.15, -0.1) is 0 Å². The third kappa shape index (κ3) is 4.77. The normalized spacial score (nSPS) is 10.6. The number of furan rings is 1. The van der Waals surface area contributed by atoms with Crippen LogP contribution in [0.1, 0.15) is 16.1 Å². The van der Waals surface area contributed by atoms with Gasteiger partial charge in [0, 0.05) is 18.1 Å². The van der Waals surface area contributed by atoms with E-state index in [9.17, 15) is 18.8 Å². The van der Waals surface area contributed by atoms with E-state index in [1.165, 1.54) is 25.3 Å². The second kappa shape index (κ2) is 8.98. The number of para-hydroxylation sites is 2. The summed E-state index contributed by atoms with van der Waals surface area (Å²) in [7, 11) is 1.47. The van der Waals surface area contributed by atoms with Gasteiger partial charge in [0.25, 0.3) is 5.91 Å². The van der Waals surface area contributed by atoms with Crippen molar-refractivity contribution < 1.29 is 32.7 Å². The molecule has 0 aliphatic heterocycles. The maximum Gasteiger partial charge on any atom is 0.375 e. The molecule has 0 aliphatic carbocycles. The summed E-state index contributed by atoms with van der Waals surface area (Å²) in [6.07, 6.45) is 0. The van der Waals surface area contributed by atoms with Crippen LogP contribution < -0.4 is 10.6 Å². The number of imide groups is 1. The number of urea groups is 1. The van der Waals surface area contributed by atoms with Crippen molar-refractivity contribution in [2.45, 2.75) is 6.61 Å². The Bertz CT molecular complexity index is 1060. The SMILES string of the molecule is COCc1c(C(=O)OCC(=O)NC(=O)Nc2ccccc2F)oc2ccccc12. The van der Waals surface area contributed by atoms with Gasteiger partial charge in [0.2, 0.25) is 5.76 Å². The number of nitrogens with one attached hydrogen (secondary N) is 2. The Morgan fingerprint density at radius 2 is 1.79 bits per heavy atom. The minimum Gasteiger partial charge on any atom is -0.450 e. The molecular formula is C20H17FN2O6. The molecule has 150 valence electrons. The van der Waals surface area contributed by atoms with Crippen molar-refractivity contribution >= 4 is 34.6 Å². The predicted molar refractivity (Wildman–Crippen MR) is 101 cm³/mol. The Labute approximate surface area is 164 Å². The van der Waals surface area contributed by atoms with Crippen LogP contribution in [0.15, 0.2) is 52.9 Å². The number of halogens is 1. The molecule has 2 aromatic carbocycles. The van der Waals surface area contributed by atoms with E-state index >= 15 is 0 Å². The van der Waals surface area contributed by atoms with Gasteiger partial charge in [-0.2, -0.15) is 0 Å². The molecule has 29 heavy (non-hydrogen) atoms. The maximum absolute atomic E-state index is 13.5. The summed E-state index contributed by atoms with van der Waals surface area (Å²) < 4.78 is 29.0. The highest BCUT2D eigenvalue weighted by atomic mass is 19.1. The number of benzene rings is 2. The van der Waals surface area contributed by atoms with Crippen LogP contribution in [0.4, 0.5) is 14.9 Å². The highest BCUT2D eigenvalue weighted by Gasteiger charge is 2.22. The molecule has 0 saturated carbocycles. The fourth-order valence-corrected chi connectivity index (χ4v) is 2.63. The smallest absolute Gasteiger partial charge is 0.375 e. The molecule has 0 fully saturated rings. The molecule has 0 spiro atoms. The van der Waals surface area contributed by atoms with E-state index in [0.717, 1.165) is 6.07 Å². The lowest BCUT2D eigenvalue weighted by Crippen LogP contribution is -2.37. The molecule has 3 aromatic rings. The summed E-state index contributed by atoms with van der Waals surface area (Å²) in [6.45, 7) is -0.619. The van der Waals surface area contributed by atoms with Gasteiger partial charge in [-0.25, -0.2) is 14.0 Å². The Balaban J connectivity index is 1.60. The number of anilines is 1. The number of carbonyl (C=O) groups excluding carboxylic acids is 3. The summed E-state index contributed by atoms with van der Waals surface area (Å²) in [5, 5.41) is 4.81. The van der Waals surface area contributed by atoms with Gasteiger partial charge in [0.1, 0.15) is 11.4 Å². The van der Waals surface area contributed by atoms with E-state index in [2.05, 4.69) is 5.32 Å². The fourth-order valence-electron chi connectivity index (χ4n) is 2.63. The third-order valence-corrected chi connectivity index (χ3v) is 3.88. The molecular weight excluding hydrogens is 383 g/mol. The number of carbonyl (C=O) groups is 3. The Kier molecular flexibility index (Phi) is 6.20. The second-order valence-corrected chi connectivity index (χ2v) is 5.90. The molecule has 0 atom stereocenters. The van der Waals surface area contributed by atoms with Crippen LogP contribution in [0, 0.1) is 5.82 Å². The maximum atomic E-state index is 13.5. The van der Waals surface area contributed by atoms with Crippen LogP contribution in [0.3, 0.4) is 0 Å². The number of ether oxygens (including phenoxy) is 2. The van der Waals surface area contributed by atoms with E-state index < -0.39 is 30.3 Å². The van der Waals surface area contributed by atoms with Crippen LogP contribution in [0.25, 0.3) is 11.0 Å². The van der Waals surface area contributed by atoms with Crippen LogP contribution >= 0.6 is 0 Å². The number of hydrogen-bond acceptors (Lipinski definition) is 6. The highest BCUT2D eigenvalue weighted by Crippen LogP contribution is 2.27. The molecule has 9 heteroatoms. The van der Waals surface area contributed by atoms with Crippen molar-refractivity contribution in [3.05, 3.63) is 65.7 Å². The summed E-state index contributed by atoms with van der Waals surface area (Å²) >= 11 is 0. The number of fused-ring (bicyclic) bond motifs is 1. The fraction of sp³-hybridized carbons (Fsp3) is 0.150. The average molecular weight is 400 g/mol. The van der Waals surface area contributed by atoms with Gasteiger partial charge in [0.05, 0.1) is 12.3 Å². The van der Waals surface area contributed by atoms with E-state index in [0.29, 0.717) is 16.5 Å². The Hall–Kier alpha value is -3.72. The van der Waals surface area contributed by atoms with Gasteiger partial charge in [-0.05, 0) is 18.2 Å². The Morgan fingerprint density at radius 1 is 1.07 bits per heavy atom. The zero-order valence-corrected chi connectivity index (χ0v) is 15.4. The number of hydrogen-bond donors (Lipinski definition) is 2. The molecule has 3 rings (SSSR count). The first-order chi connectivity index (χ1) is 14.0. The lowest BCUT2D eigenvalue weighted by molar-refractivity contribution is -0.123. The first-order valence-electron chi connectivity index (χ1n) is 8.51. The summed E-state index contributed by atoms with van der Waals surface area (Å²) in [6, 6.07) is 11.5. The minimum atomic E-state index is -0.958. The Morgan fingerprint density at radius 3 is 2.55 bits per heavy atom. The van der Waals surface area contributed by atoms with Crippen LogP contribution in [-0.4, -0.2) is 31.6 Å². The molecule has 1 heterocycles. The summed E-state index contributed by atoms with van der Waals surface area (Å²) in [5.74, 6) is -2.51. The van der Waals surface area contributed by atoms with Gasteiger partial charge < -0.3 is 19.2 Å². The standard InChI is InChI=1S/C20H17FN2O6/c1-27-10-13-12-6-2-5-9-16(12)29-18(13)19(25)28-11-17(24)23-20(26)22-15-8-4-3-7-14(15)21/h2-9H,10-11H2,1H3,(H2,22,23,24,26). The molecule has 0 radical (unpaired) electrons. The van der Waals surface area contributed by atoms with Crippen LogP contribution in [-0.2, 0) is 20.9 Å². The van der Waals surface area contributed by atoms with Crippen molar-refractivity contribution in [2.24, 2.45) is 0 Å². The lowest BCUT2D eigenvalue weighted by Gasteiger charge is -2.08. The topological polar surface area (TPSA) is 107 Å². The van der Waals surface area contributed by atoms with E-state index in [1.54, 1.807) is 24.3 Å². The zero-order valence-electron chi connectivity index (χ0n) is 15.4. The monoisotopic (exact) mass is 400 g/mol. The largest absolute Gasteiger partial charge is 0.450 e. The number of esters is 1. The van der Waals surface area contributed by atoms with Crippen molar-refractivity contribution in [3.8, 4) is 0 Å². The van der Waals surface area contributed by atoms with E-state index in [4.69, 9.17) is 13.9 Å². The molecule has 3 amide bonds. The van der Waals surface area contributed by atoms with Gasteiger partial charge >= 0.3 is 12.0 Å². The number of methoxy groups -OCH3 is 1. The lowest BCUT2D eigenvalue weighted by atomic mass is 10.1. The average Bonchev–Trinajstić information content (AvgIpc) is 3.07. The third-order valence-electron chi connectivity index (χ3n) is 3.88. The van der Waals surface area contributed by atoms with Crippen molar-refractivity contribution in [1.82, 2.24) is 5.32 Å². The first-order valence-corrected chi connectivity index (χ1v) is 8.51. The van der Waals surface area contributed by atoms with E-state index in [1.807, 2.05) is 5.32 Å². The first kappa shape index (κ1) is 20.0. The molecule has 1 aromatic heterocycles. The molecule has 0 saturated heterocycles. The molecule has 8 nitrogen and oxygen atoms in total. The quantitative estimate of drug-likeness (QED) is 0.616. The molecule has 0 unspecified atom stereocenters. The van der Waals surface area contributed by atoms with Gasteiger partial charge in [-0.1, -0.05) is 30.3 Å². The van der Waals surface area contributed by atoms with Gasteiger partial charge in [-0.3, -0.25) is 10.1 Å². The number of amides is 3. The zero-order chi connectivity index (χ0) is 20.8. The van der Waals surface area contributed by atoms with Crippen LogP contribution in [0.2, 0.25) is 0 Å². The van der Waals surface area contributed by atoms with Gasteiger partial charge in [0.15, 0.2) is 6.61 Å². The second-order valence-electron chi connectivity index (χ2n) is 5.90. The highest BCUT2D eigenvalue weighted by molar-refractivity contribution is 6.02. The molecule has 2 N–H and O–H groups in total. The van der Waals surface area contributed by atoms with Crippen LogP contribution in [0.5, 0.6) is 0 Å². The predicted octanol–water partition coefficient (Wildman–Crippen LogP) is 3.22. The van der Waals surface area contributed by atoms with Crippen molar-refractivity contribution in [1.29, 1.82) is 0 Å². The summed E-state index contributed by atoms with van der Waals surface area (Å²) in [5.41, 5.74) is 0.868. The number of rotatable bonds is 6. The molecule has 0 aliphatic rings. The van der Waals surface area contributed by atoms with Crippen molar-refractivity contribution in [2.75, 3.05) is 19.0 Å². The van der Waals surface area contributed by atoms with Crippen molar-refractivity contribution in [3.63, 3.8) is 0 Å². The minimum absolute atomic E-state index is 0.0864. The van der Waals surface area contributed by atoms with E-state index in [-0.39, 0.29) is 18.1 Å².